The molecule has 2 aromatic carbocycles. The number of anilines is 1. The molecule has 1 amide bonds. The monoisotopic (exact) mass is 427 g/mol. The largest absolute Gasteiger partial charge is 0.478 e. The molecular formula is C21H18FN3O6. The van der Waals surface area contributed by atoms with Crippen LogP contribution in [0.25, 0.3) is 6.08 Å². The van der Waals surface area contributed by atoms with Gasteiger partial charge in [-0.25, -0.2) is 9.18 Å². The van der Waals surface area contributed by atoms with Gasteiger partial charge in [0.15, 0.2) is 0 Å². The minimum absolute atomic E-state index is 0.0225. The van der Waals surface area contributed by atoms with Gasteiger partial charge in [0.05, 0.1) is 28.8 Å². The number of hydrogen-bond donors (Lipinski definition) is 1. The average molecular weight is 427 g/mol. The summed E-state index contributed by atoms with van der Waals surface area (Å²) in [6.45, 7) is -0.0225. The van der Waals surface area contributed by atoms with Crippen molar-refractivity contribution in [3.05, 3.63) is 75.6 Å². The van der Waals surface area contributed by atoms with Gasteiger partial charge in [-0.3, -0.25) is 14.9 Å². The molecule has 0 saturated heterocycles. The van der Waals surface area contributed by atoms with E-state index in [2.05, 4.69) is 5.10 Å². The van der Waals surface area contributed by atoms with Gasteiger partial charge in [-0.1, -0.05) is 18.2 Å². The van der Waals surface area contributed by atoms with Gasteiger partial charge in [0.1, 0.15) is 5.82 Å². The van der Waals surface area contributed by atoms with E-state index in [0.29, 0.717) is 11.3 Å². The highest BCUT2D eigenvalue weighted by Gasteiger charge is 2.38. The molecule has 1 aliphatic heterocycles. The lowest BCUT2D eigenvalue weighted by atomic mass is 9.93. The first-order valence-electron chi connectivity index (χ1n) is 9.14. The second-order valence-electron chi connectivity index (χ2n) is 6.73. The summed E-state index contributed by atoms with van der Waals surface area (Å²) in [5, 5.41) is 25.9. The Morgan fingerprint density at radius 3 is 2.65 bits per heavy atom. The molecule has 1 aliphatic rings. The highest BCUT2D eigenvalue weighted by molar-refractivity contribution is 6.16. The van der Waals surface area contributed by atoms with E-state index in [1.165, 1.54) is 61.7 Å². The number of ether oxygens (including phenoxy) is 1. The van der Waals surface area contributed by atoms with Crippen LogP contribution in [0.5, 0.6) is 0 Å². The number of nitro groups is 1. The predicted molar refractivity (Wildman–Crippen MR) is 110 cm³/mol. The van der Waals surface area contributed by atoms with Crippen LogP contribution >= 0.6 is 0 Å². The minimum Gasteiger partial charge on any atom is -0.478 e. The number of nitrogens with zero attached hydrogens (tertiary/aromatic N) is 3. The number of aliphatic carboxylic acids is 1. The first kappa shape index (κ1) is 21.8. The molecule has 1 atom stereocenters. The number of hydrazone groups is 1. The number of hydrogen-bond acceptors (Lipinski definition) is 6. The predicted octanol–water partition coefficient (Wildman–Crippen LogP) is 3.26. The number of methoxy groups -OCH3 is 1. The number of amides is 1. The Morgan fingerprint density at radius 1 is 1.32 bits per heavy atom. The molecule has 0 aliphatic carbocycles. The summed E-state index contributed by atoms with van der Waals surface area (Å²) in [6.07, 6.45) is 1.18. The molecule has 1 N–H and O–H groups in total. The lowest BCUT2D eigenvalue weighted by Crippen LogP contribution is -2.29. The molecule has 3 rings (SSSR count). The number of carbonyl (C=O) groups excluding carboxylic acids is 1. The number of carbonyl (C=O) groups is 2. The molecule has 0 saturated carbocycles. The lowest BCUT2D eigenvalue weighted by Gasteiger charge is -2.15. The molecule has 0 aromatic heterocycles. The van der Waals surface area contributed by atoms with Gasteiger partial charge in [0, 0.05) is 24.8 Å². The van der Waals surface area contributed by atoms with Gasteiger partial charge >= 0.3 is 5.97 Å². The van der Waals surface area contributed by atoms with Crippen LogP contribution in [-0.2, 0) is 14.3 Å². The van der Waals surface area contributed by atoms with Crippen LogP contribution in [0.3, 0.4) is 0 Å². The molecule has 0 bridgehead atoms. The molecule has 160 valence electrons. The summed E-state index contributed by atoms with van der Waals surface area (Å²) in [6, 6.07) is 10.7. The Morgan fingerprint density at radius 2 is 2.03 bits per heavy atom. The third-order valence-corrected chi connectivity index (χ3v) is 4.62. The van der Waals surface area contributed by atoms with Crippen molar-refractivity contribution in [1.82, 2.24) is 0 Å². The van der Waals surface area contributed by atoms with Crippen LogP contribution in [-0.4, -0.2) is 41.3 Å². The maximum absolute atomic E-state index is 13.1. The lowest BCUT2D eigenvalue weighted by molar-refractivity contribution is -0.384. The molecule has 0 radical (unpaired) electrons. The highest BCUT2D eigenvalue weighted by atomic mass is 19.1. The SMILES string of the molecule is COCC1=NN(c2cccc([N+](=O)[O-])c2)C(=O)C1C/C(=C/c1ccc(F)cc1)C(=O)O. The zero-order chi connectivity index (χ0) is 22.5. The second-order valence-corrected chi connectivity index (χ2v) is 6.73. The summed E-state index contributed by atoms with van der Waals surface area (Å²) < 4.78 is 18.2. The third-order valence-electron chi connectivity index (χ3n) is 4.62. The zero-order valence-corrected chi connectivity index (χ0v) is 16.4. The first-order chi connectivity index (χ1) is 14.8. The van der Waals surface area contributed by atoms with Crippen molar-refractivity contribution in [2.45, 2.75) is 6.42 Å². The standard InChI is InChI=1S/C21H18FN3O6/c1-31-12-19-18(10-14(21(27)28)9-13-5-7-15(22)8-6-13)20(26)24(23-19)16-3-2-4-17(11-16)25(29)30/h2-9,11,18H,10,12H2,1H3,(H,27,28)/b14-9-. The van der Waals surface area contributed by atoms with Crippen molar-refractivity contribution in [1.29, 1.82) is 0 Å². The average Bonchev–Trinajstić information content (AvgIpc) is 3.04. The van der Waals surface area contributed by atoms with Crippen molar-refractivity contribution in [3.63, 3.8) is 0 Å². The maximum atomic E-state index is 13.1. The smallest absolute Gasteiger partial charge is 0.331 e. The number of non-ortho nitro benzene ring substituents is 1. The molecular weight excluding hydrogens is 409 g/mol. The fraction of sp³-hybridized carbons (Fsp3) is 0.190. The van der Waals surface area contributed by atoms with Crippen LogP contribution in [0.15, 0.2) is 59.2 Å². The van der Waals surface area contributed by atoms with Crippen molar-refractivity contribution in [2.75, 3.05) is 18.7 Å². The molecule has 10 heteroatoms. The third kappa shape index (κ3) is 4.98. The summed E-state index contributed by atoms with van der Waals surface area (Å²) in [5.74, 6) is -3.15. The number of carboxylic acids is 1. The second kappa shape index (κ2) is 9.26. The number of benzene rings is 2. The van der Waals surface area contributed by atoms with Gasteiger partial charge in [-0.15, -0.1) is 0 Å². The molecule has 1 heterocycles. The van der Waals surface area contributed by atoms with E-state index in [1.807, 2.05) is 0 Å². The van der Waals surface area contributed by atoms with Crippen LogP contribution in [0, 0.1) is 21.8 Å². The minimum atomic E-state index is -1.23. The van der Waals surface area contributed by atoms with Crippen LogP contribution in [0.2, 0.25) is 0 Å². The Kier molecular flexibility index (Phi) is 6.51. The maximum Gasteiger partial charge on any atom is 0.331 e. The Bertz CT molecular complexity index is 1080. The Hall–Kier alpha value is -3.92. The molecule has 0 fully saturated rings. The van der Waals surface area contributed by atoms with Crippen molar-refractivity contribution >= 4 is 35.0 Å². The molecule has 0 spiro atoms. The first-order valence-corrected chi connectivity index (χ1v) is 9.14. The van der Waals surface area contributed by atoms with Gasteiger partial charge in [-0.05, 0) is 36.3 Å². The number of rotatable bonds is 8. The summed E-state index contributed by atoms with van der Waals surface area (Å²) in [5.41, 5.74) is 0.666. The van der Waals surface area contributed by atoms with E-state index in [1.54, 1.807) is 0 Å². The van der Waals surface area contributed by atoms with E-state index < -0.39 is 28.5 Å². The van der Waals surface area contributed by atoms with Crippen LogP contribution < -0.4 is 5.01 Å². The van der Waals surface area contributed by atoms with E-state index >= 15 is 0 Å². The molecule has 2 aromatic rings. The zero-order valence-electron chi connectivity index (χ0n) is 16.4. The van der Waals surface area contributed by atoms with Crippen LogP contribution in [0.4, 0.5) is 15.8 Å². The Balaban J connectivity index is 1.92. The fourth-order valence-electron chi connectivity index (χ4n) is 3.13. The normalized spacial score (nSPS) is 16.4. The van der Waals surface area contributed by atoms with E-state index in [4.69, 9.17) is 4.74 Å². The van der Waals surface area contributed by atoms with Crippen molar-refractivity contribution in [3.8, 4) is 0 Å². The number of nitro benzene ring substituents is 1. The van der Waals surface area contributed by atoms with E-state index in [0.717, 1.165) is 5.01 Å². The summed E-state index contributed by atoms with van der Waals surface area (Å²) in [4.78, 5) is 35.3. The quantitative estimate of drug-likeness (QED) is 0.392. The van der Waals surface area contributed by atoms with Gasteiger partial charge in [0.25, 0.3) is 11.6 Å². The van der Waals surface area contributed by atoms with E-state index in [9.17, 15) is 29.2 Å². The van der Waals surface area contributed by atoms with E-state index in [-0.39, 0.29) is 30.0 Å². The van der Waals surface area contributed by atoms with Gasteiger partial charge in [0.2, 0.25) is 0 Å². The topological polar surface area (TPSA) is 122 Å². The fourth-order valence-corrected chi connectivity index (χ4v) is 3.13. The number of carboxylic acid groups (broad SMARTS) is 1. The van der Waals surface area contributed by atoms with Gasteiger partial charge in [-0.2, -0.15) is 10.1 Å². The summed E-state index contributed by atoms with van der Waals surface area (Å²) >= 11 is 0. The van der Waals surface area contributed by atoms with Crippen molar-refractivity contribution < 1.29 is 28.7 Å². The highest BCUT2D eigenvalue weighted by Crippen LogP contribution is 2.30. The molecule has 9 nitrogen and oxygen atoms in total. The van der Waals surface area contributed by atoms with Crippen molar-refractivity contribution in [2.24, 2.45) is 11.0 Å². The Labute approximate surface area is 176 Å². The molecule has 1 unspecified atom stereocenters. The molecule has 31 heavy (non-hydrogen) atoms. The van der Waals surface area contributed by atoms with Crippen LogP contribution in [0.1, 0.15) is 12.0 Å². The number of halogens is 1. The van der Waals surface area contributed by atoms with Gasteiger partial charge < -0.3 is 9.84 Å². The summed E-state index contributed by atoms with van der Waals surface area (Å²) in [7, 11) is 1.41.